The molecule has 1 atom stereocenters. The molecule has 2 aliphatic rings. The van der Waals surface area contributed by atoms with E-state index in [-0.39, 0.29) is 5.91 Å². The zero-order valence-corrected chi connectivity index (χ0v) is 10.5. The standard InChI is InChI=1S/C14H19N3O/c18-14-8-10-16(12-5-2-1-3-6-12)17(14)13-7-4-9-15-11-13/h1-3,5-6,13,15H,4,7-11H2. The minimum absolute atomic E-state index is 0.257. The Bertz CT molecular complexity index is 414. The molecule has 1 N–H and O–H groups in total. The Hall–Kier alpha value is -1.55. The molecule has 2 heterocycles. The van der Waals surface area contributed by atoms with E-state index in [4.69, 9.17) is 0 Å². The van der Waals surface area contributed by atoms with Crippen molar-refractivity contribution in [1.82, 2.24) is 10.3 Å². The fourth-order valence-electron chi connectivity index (χ4n) is 2.85. The monoisotopic (exact) mass is 245 g/mol. The molecule has 4 heteroatoms. The summed E-state index contributed by atoms with van der Waals surface area (Å²) in [4.78, 5) is 12.1. The number of hydrogen-bond acceptors (Lipinski definition) is 3. The maximum absolute atomic E-state index is 12.1. The summed E-state index contributed by atoms with van der Waals surface area (Å²) in [5.74, 6) is 0.257. The molecular weight excluding hydrogens is 226 g/mol. The van der Waals surface area contributed by atoms with Crippen LogP contribution in [0.2, 0.25) is 0 Å². The van der Waals surface area contributed by atoms with E-state index < -0.39 is 0 Å². The Morgan fingerprint density at radius 1 is 1.22 bits per heavy atom. The SMILES string of the molecule is O=C1CCN(c2ccccc2)N1C1CCCNC1. The lowest BCUT2D eigenvalue weighted by Gasteiger charge is -2.38. The quantitative estimate of drug-likeness (QED) is 0.855. The second-order valence-electron chi connectivity index (χ2n) is 4.95. The van der Waals surface area contributed by atoms with Gasteiger partial charge in [-0.1, -0.05) is 18.2 Å². The first-order valence-electron chi connectivity index (χ1n) is 6.71. The maximum atomic E-state index is 12.1. The number of carbonyl (C=O) groups is 1. The number of rotatable bonds is 2. The predicted molar refractivity (Wildman–Crippen MR) is 71.1 cm³/mol. The van der Waals surface area contributed by atoms with Gasteiger partial charge in [0.1, 0.15) is 0 Å². The van der Waals surface area contributed by atoms with Gasteiger partial charge in [0.25, 0.3) is 0 Å². The molecule has 18 heavy (non-hydrogen) atoms. The van der Waals surface area contributed by atoms with Crippen molar-refractivity contribution in [2.24, 2.45) is 0 Å². The van der Waals surface area contributed by atoms with Crippen LogP contribution < -0.4 is 10.3 Å². The lowest BCUT2D eigenvalue weighted by atomic mass is 10.1. The van der Waals surface area contributed by atoms with Gasteiger partial charge in [-0.2, -0.15) is 0 Å². The summed E-state index contributed by atoms with van der Waals surface area (Å²) < 4.78 is 0. The normalized spacial score (nSPS) is 24.7. The van der Waals surface area contributed by atoms with Crippen LogP contribution in [-0.2, 0) is 4.79 Å². The third-order valence-corrected chi connectivity index (χ3v) is 3.72. The molecule has 1 amide bonds. The van der Waals surface area contributed by atoms with E-state index in [9.17, 15) is 4.79 Å². The van der Waals surface area contributed by atoms with Crippen molar-refractivity contribution < 1.29 is 4.79 Å². The number of benzene rings is 1. The Labute approximate surface area is 108 Å². The zero-order valence-electron chi connectivity index (χ0n) is 10.5. The number of nitrogens with zero attached hydrogens (tertiary/aromatic N) is 2. The fourth-order valence-corrected chi connectivity index (χ4v) is 2.85. The van der Waals surface area contributed by atoms with Gasteiger partial charge in [-0.3, -0.25) is 9.80 Å². The van der Waals surface area contributed by atoms with E-state index >= 15 is 0 Å². The lowest BCUT2D eigenvalue weighted by molar-refractivity contribution is -0.130. The number of hydrogen-bond donors (Lipinski definition) is 1. The van der Waals surface area contributed by atoms with Crippen LogP contribution in [0, 0.1) is 0 Å². The summed E-state index contributed by atoms with van der Waals surface area (Å²) in [7, 11) is 0. The van der Waals surface area contributed by atoms with Crippen molar-refractivity contribution in [3.05, 3.63) is 30.3 Å². The molecule has 1 aromatic carbocycles. The molecule has 2 saturated heterocycles. The van der Waals surface area contributed by atoms with Crippen molar-refractivity contribution >= 4 is 11.6 Å². The third-order valence-electron chi connectivity index (χ3n) is 3.72. The predicted octanol–water partition coefficient (Wildman–Crippen LogP) is 1.39. The lowest BCUT2D eigenvalue weighted by Crippen LogP contribution is -2.52. The van der Waals surface area contributed by atoms with E-state index in [1.54, 1.807) is 0 Å². The average molecular weight is 245 g/mol. The van der Waals surface area contributed by atoms with Crippen LogP contribution in [0.3, 0.4) is 0 Å². The number of piperidine rings is 1. The molecule has 1 aromatic rings. The van der Waals surface area contributed by atoms with Gasteiger partial charge in [-0.15, -0.1) is 0 Å². The van der Waals surface area contributed by atoms with Crippen LogP contribution in [0.25, 0.3) is 0 Å². The fraction of sp³-hybridized carbons (Fsp3) is 0.500. The van der Waals surface area contributed by atoms with Crippen molar-refractivity contribution in [2.75, 3.05) is 24.6 Å². The largest absolute Gasteiger partial charge is 0.315 e. The van der Waals surface area contributed by atoms with Crippen molar-refractivity contribution in [3.63, 3.8) is 0 Å². The summed E-state index contributed by atoms with van der Waals surface area (Å²) in [6, 6.07) is 10.5. The first-order valence-corrected chi connectivity index (χ1v) is 6.71. The molecule has 0 saturated carbocycles. The van der Waals surface area contributed by atoms with Crippen LogP contribution in [0.5, 0.6) is 0 Å². The molecule has 0 spiro atoms. The smallest absolute Gasteiger partial charge is 0.243 e. The van der Waals surface area contributed by atoms with Crippen LogP contribution in [-0.4, -0.2) is 36.6 Å². The molecule has 2 aliphatic heterocycles. The number of amides is 1. The van der Waals surface area contributed by atoms with Gasteiger partial charge in [0.2, 0.25) is 5.91 Å². The third kappa shape index (κ3) is 2.08. The highest BCUT2D eigenvalue weighted by molar-refractivity contribution is 5.82. The molecule has 3 rings (SSSR count). The molecule has 2 fully saturated rings. The van der Waals surface area contributed by atoms with Gasteiger partial charge in [0.05, 0.1) is 11.7 Å². The number of para-hydroxylation sites is 1. The van der Waals surface area contributed by atoms with Gasteiger partial charge < -0.3 is 5.32 Å². The van der Waals surface area contributed by atoms with Gasteiger partial charge in [0, 0.05) is 19.5 Å². The maximum Gasteiger partial charge on any atom is 0.243 e. The van der Waals surface area contributed by atoms with Gasteiger partial charge in [0.15, 0.2) is 0 Å². The van der Waals surface area contributed by atoms with Crippen molar-refractivity contribution in [2.45, 2.75) is 25.3 Å². The zero-order chi connectivity index (χ0) is 12.4. The number of anilines is 1. The summed E-state index contributed by atoms with van der Waals surface area (Å²) in [6.45, 7) is 2.79. The Kier molecular flexibility index (Phi) is 3.19. The molecule has 0 radical (unpaired) electrons. The highest BCUT2D eigenvalue weighted by atomic mass is 16.2. The van der Waals surface area contributed by atoms with E-state index in [0.717, 1.165) is 38.2 Å². The summed E-state index contributed by atoms with van der Waals surface area (Å²) in [5.41, 5.74) is 1.12. The minimum atomic E-state index is 0.257. The topological polar surface area (TPSA) is 35.6 Å². The van der Waals surface area contributed by atoms with E-state index in [2.05, 4.69) is 22.5 Å². The highest BCUT2D eigenvalue weighted by Crippen LogP contribution is 2.26. The second-order valence-corrected chi connectivity index (χ2v) is 4.95. The molecule has 96 valence electrons. The van der Waals surface area contributed by atoms with Crippen molar-refractivity contribution in [1.29, 1.82) is 0 Å². The molecule has 0 aliphatic carbocycles. The van der Waals surface area contributed by atoms with E-state index in [0.29, 0.717) is 12.5 Å². The van der Waals surface area contributed by atoms with Crippen molar-refractivity contribution in [3.8, 4) is 0 Å². The van der Waals surface area contributed by atoms with Gasteiger partial charge in [-0.25, -0.2) is 5.01 Å². The molecule has 0 bridgehead atoms. The van der Waals surface area contributed by atoms with Crippen LogP contribution >= 0.6 is 0 Å². The molecule has 1 unspecified atom stereocenters. The van der Waals surface area contributed by atoms with Crippen LogP contribution in [0.15, 0.2) is 30.3 Å². The number of nitrogens with one attached hydrogen (secondary N) is 1. The van der Waals surface area contributed by atoms with Gasteiger partial charge >= 0.3 is 0 Å². The number of carbonyl (C=O) groups excluding carboxylic acids is 1. The minimum Gasteiger partial charge on any atom is -0.315 e. The highest BCUT2D eigenvalue weighted by Gasteiger charge is 2.35. The van der Waals surface area contributed by atoms with Gasteiger partial charge in [-0.05, 0) is 31.5 Å². The summed E-state index contributed by atoms with van der Waals surface area (Å²) in [6.07, 6.45) is 2.88. The number of hydrazine groups is 1. The Balaban J connectivity index is 1.83. The first-order chi connectivity index (χ1) is 8.86. The summed E-state index contributed by atoms with van der Waals surface area (Å²) >= 11 is 0. The van der Waals surface area contributed by atoms with E-state index in [1.165, 1.54) is 0 Å². The average Bonchev–Trinajstić information content (AvgIpc) is 2.83. The van der Waals surface area contributed by atoms with E-state index in [1.807, 2.05) is 23.2 Å². The second kappa shape index (κ2) is 4.98. The molecule has 0 aromatic heterocycles. The Morgan fingerprint density at radius 2 is 2.06 bits per heavy atom. The molecular formula is C14H19N3O. The van der Waals surface area contributed by atoms with Crippen LogP contribution in [0.4, 0.5) is 5.69 Å². The summed E-state index contributed by atoms with van der Waals surface area (Å²) in [5, 5.41) is 7.50. The molecule has 4 nitrogen and oxygen atoms in total. The first kappa shape index (κ1) is 11.5. The Morgan fingerprint density at radius 3 is 2.78 bits per heavy atom. The van der Waals surface area contributed by atoms with Crippen LogP contribution in [0.1, 0.15) is 19.3 Å².